The van der Waals surface area contributed by atoms with Crippen LogP contribution in [0.5, 0.6) is 0 Å². The van der Waals surface area contributed by atoms with Gasteiger partial charge in [0.25, 0.3) is 10.2 Å². The summed E-state index contributed by atoms with van der Waals surface area (Å²) in [4.78, 5) is 0. The van der Waals surface area contributed by atoms with Crippen molar-refractivity contribution in [2.45, 2.75) is 32.4 Å². The van der Waals surface area contributed by atoms with Gasteiger partial charge in [0.2, 0.25) is 0 Å². The van der Waals surface area contributed by atoms with Crippen LogP contribution >= 0.6 is 0 Å². The Kier molecular flexibility index (Phi) is 5.49. The van der Waals surface area contributed by atoms with Gasteiger partial charge in [-0.15, -0.1) is 0 Å². The molecular weight excluding hydrogens is 314 g/mol. The molecule has 2 atom stereocenters. The van der Waals surface area contributed by atoms with E-state index in [2.05, 4.69) is 4.72 Å². The Hall–Kier alpha value is -1.09. The molecular formula is C14H20F2N2O3S. The molecule has 8 heteroatoms. The zero-order chi connectivity index (χ0) is 16.3. The van der Waals surface area contributed by atoms with Crippen molar-refractivity contribution in [3.63, 3.8) is 0 Å². The maximum Gasteiger partial charge on any atom is 0.279 e. The summed E-state index contributed by atoms with van der Waals surface area (Å²) in [6.45, 7) is 4.24. The van der Waals surface area contributed by atoms with Crippen molar-refractivity contribution >= 4 is 10.2 Å². The van der Waals surface area contributed by atoms with Gasteiger partial charge in [-0.1, -0.05) is 6.07 Å². The third-order valence-corrected chi connectivity index (χ3v) is 5.25. The van der Waals surface area contributed by atoms with Crippen LogP contribution in [-0.4, -0.2) is 44.6 Å². The van der Waals surface area contributed by atoms with Gasteiger partial charge in [-0.3, -0.25) is 0 Å². The average Bonchev–Trinajstić information content (AvgIpc) is 2.44. The van der Waals surface area contributed by atoms with Crippen LogP contribution in [0.2, 0.25) is 0 Å². The second-order valence-corrected chi connectivity index (χ2v) is 7.16. The first-order valence-corrected chi connectivity index (χ1v) is 8.55. The second-order valence-electron chi connectivity index (χ2n) is 5.45. The lowest BCUT2D eigenvalue weighted by Crippen LogP contribution is -2.54. The topological polar surface area (TPSA) is 58.6 Å². The summed E-state index contributed by atoms with van der Waals surface area (Å²) in [5.41, 5.74) is 0.271. The number of benzene rings is 1. The summed E-state index contributed by atoms with van der Waals surface area (Å²) < 4.78 is 60.1. The van der Waals surface area contributed by atoms with Gasteiger partial charge in [0.1, 0.15) is 11.6 Å². The first-order chi connectivity index (χ1) is 10.3. The number of morpholine rings is 1. The smallest absolute Gasteiger partial charge is 0.279 e. The quantitative estimate of drug-likeness (QED) is 0.887. The predicted octanol–water partition coefficient (Wildman–Crippen LogP) is 1.45. The third-order valence-electron chi connectivity index (χ3n) is 3.55. The van der Waals surface area contributed by atoms with E-state index in [0.717, 1.165) is 12.1 Å². The Morgan fingerprint density at radius 2 is 2.09 bits per heavy atom. The molecule has 1 fully saturated rings. The number of rotatable bonds is 5. The fraction of sp³-hybridized carbons (Fsp3) is 0.571. The summed E-state index contributed by atoms with van der Waals surface area (Å²) in [5, 5.41) is 0. The molecule has 1 aromatic carbocycles. The first-order valence-electron chi connectivity index (χ1n) is 7.11. The van der Waals surface area contributed by atoms with Crippen molar-refractivity contribution in [1.82, 2.24) is 9.03 Å². The van der Waals surface area contributed by atoms with E-state index < -0.39 is 21.8 Å². The number of nitrogens with one attached hydrogen (secondary N) is 1. The SMILES string of the molecule is CC1CN(S(=O)(=O)NCCc2ccc(F)cc2F)C(C)CO1. The average molecular weight is 334 g/mol. The van der Waals surface area contributed by atoms with Crippen LogP contribution in [-0.2, 0) is 21.4 Å². The van der Waals surface area contributed by atoms with Crippen LogP contribution in [0.4, 0.5) is 8.78 Å². The fourth-order valence-corrected chi connectivity index (χ4v) is 3.80. The molecule has 1 heterocycles. The van der Waals surface area contributed by atoms with Crippen molar-refractivity contribution in [2.24, 2.45) is 0 Å². The number of ether oxygens (including phenoxy) is 1. The summed E-state index contributed by atoms with van der Waals surface area (Å²) >= 11 is 0. The molecule has 0 spiro atoms. The molecule has 0 radical (unpaired) electrons. The lowest BCUT2D eigenvalue weighted by atomic mass is 10.1. The van der Waals surface area contributed by atoms with Crippen LogP contribution in [0.1, 0.15) is 19.4 Å². The Balaban J connectivity index is 1.95. The molecule has 0 aromatic heterocycles. The minimum absolute atomic E-state index is 0.0450. The summed E-state index contributed by atoms with van der Waals surface area (Å²) in [6.07, 6.45) is -0.0121. The Morgan fingerprint density at radius 3 is 2.77 bits per heavy atom. The van der Waals surface area contributed by atoms with Crippen LogP contribution in [0.25, 0.3) is 0 Å². The van der Waals surface area contributed by atoms with E-state index in [1.807, 2.05) is 6.92 Å². The van der Waals surface area contributed by atoms with Gasteiger partial charge in [-0.2, -0.15) is 12.7 Å². The molecule has 0 aliphatic carbocycles. The predicted molar refractivity (Wildman–Crippen MR) is 78.6 cm³/mol. The fourth-order valence-electron chi connectivity index (χ4n) is 2.33. The van der Waals surface area contributed by atoms with Gasteiger partial charge in [0.05, 0.1) is 12.7 Å². The van der Waals surface area contributed by atoms with E-state index >= 15 is 0 Å². The van der Waals surface area contributed by atoms with Gasteiger partial charge in [0, 0.05) is 25.2 Å². The number of halogens is 2. The van der Waals surface area contributed by atoms with Crippen molar-refractivity contribution in [2.75, 3.05) is 19.7 Å². The van der Waals surface area contributed by atoms with Crippen LogP contribution in [0, 0.1) is 11.6 Å². The van der Waals surface area contributed by atoms with Crippen LogP contribution in [0.15, 0.2) is 18.2 Å². The standard InChI is InChI=1S/C14H20F2N2O3S/c1-10-9-21-11(2)8-18(10)22(19,20)17-6-5-12-3-4-13(15)7-14(12)16/h3-4,7,10-11,17H,5-6,8-9H2,1-2H3. The summed E-state index contributed by atoms with van der Waals surface area (Å²) in [5.74, 6) is -1.33. The molecule has 2 rings (SSSR count). The largest absolute Gasteiger partial charge is 0.375 e. The molecule has 1 aliphatic heterocycles. The van der Waals surface area contributed by atoms with Gasteiger partial charge >= 0.3 is 0 Å². The highest BCUT2D eigenvalue weighted by Gasteiger charge is 2.32. The second kappa shape index (κ2) is 6.99. The number of hydrogen-bond acceptors (Lipinski definition) is 3. The molecule has 22 heavy (non-hydrogen) atoms. The summed E-state index contributed by atoms with van der Waals surface area (Å²) in [7, 11) is -3.65. The van der Waals surface area contributed by atoms with Crippen molar-refractivity contribution in [3.8, 4) is 0 Å². The number of nitrogens with zero attached hydrogens (tertiary/aromatic N) is 1. The zero-order valence-electron chi connectivity index (χ0n) is 12.6. The lowest BCUT2D eigenvalue weighted by Gasteiger charge is -2.35. The van der Waals surface area contributed by atoms with Crippen molar-refractivity contribution in [3.05, 3.63) is 35.4 Å². The summed E-state index contributed by atoms with van der Waals surface area (Å²) in [6, 6.07) is 3.00. The van der Waals surface area contributed by atoms with Gasteiger partial charge in [0.15, 0.2) is 0 Å². The first kappa shape index (κ1) is 17.3. The normalized spacial score (nSPS) is 23.6. The van der Waals surface area contributed by atoms with Gasteiger partial charge < -0.3 is 4.74 Å². The highest BCUT2D eigenvalue weighted by Crippen LogP contribution is 2.15. The minimum Gasteiger partial charge on any atom is -0.375 e. The van der Waals surface area contributed by atoms with Gasteiger partial charge in [-0.25, -0.2) is 13.5 Å². The van der Waals surface area contributed by atoms with E-state index in [1.54, 1.807) is 6.92 Å². The number of hydrogen-bond donors (Lipinski definition) is 1. The molecule has 1 N–H and O–H groups in total. The maximum atomic E-state index is 13.5. The molecule has 1 aliphatic rings. The highest BCUT2D eigenvalue weighted by atomic mass is 32.2. The molecule has 1 aromatic rings. The molecule has 1 saturated heterocycles. The van der Waals surface area contributed by atoms with E-state index in [9.17, 15) is 17.2 Å². The van der Waals surface area contributed by atoms with Crippen LogP contribution < -0.4 is 4.72 Å². The third kappa shape index (κ3) is 4.22. The molecule has 0 saturated carbocycles. The maximum absolute atomic E-state index is 13.5. The van der Waals surface area contributed by atoms with E-state index in [4.69, 9.17) is 4.74 Å². The molecule has 5 nitrogen and oxygen atoms in total. The Labute approximate surface area is 129 Å². The van der Waals surface area contributed by atoms with Gasteiger partial charge in [-0.05, 0) is 31.9 Å². The Morgan fingerprint density at radius 1 is 1.36 bits per heavy atom. The molecule has 0 amide bonds. The zero-order valence-corrected chi connectivity index (χ0v) is 13.4. The van der Waals surface area contributed by atoms with Crippen molar-refractivity contribution in [1.29, 1.82) is 0 Å². The lowest BCUT2D eigenvalue weighted by molar-refractivity contribution is -0.0174. The van der Waals surface area contributed by atoms with E-state index in [0.29, 0.717) is 6.61 Å². The van der Waals surface area contributed by atoms with E-state index in [1.165, 1.54) is 10.4 Å². The monoisotopic (exact) mass is 334 g/mol. The molecule has 0 bridgehead atoms. The van der Waals surface area contributed by atoms with E-state index in [-0.39, 0.29) is 37.2 Å². The molecule has 2 unspecified atom stereocenters. The van der Waals surface area contributed by atoms with Crippen LogP contribution in [0.3, 0.4) is 0 Å². The minimum atomic E-state index is -3.65. The highest BCUT2D eigenvalue weighted by molar-refractivity contribution is 7.87. The van der Waals surface area contributed by atoms with Crippen molar-refractivity contribution < 1.29 is 21.9 Å². The molecule has 124 valence electrons. The Bertz CT molecular complexity index is 625.